The molecule has 1 aromatic heterocycles. The van der Waals surface area contributed by atoms with E-state index in [0.717, 1.165) is 5.46 Å². The molecule has 84 valence electrons. The standard InChI is InChI=1S/C11H14BNO2S/c1-10(2)11(3,4)15-12(14-10)9-7-16-6-8(9)5-13/h6-7H,1-4H3. The largest absolute Gasteiger partial charge is 0.497 e. The minimum absolute atomic E-state index is 0.355. The Labute approximate surface area is 100 Å². The Kier molecular flexibility index (Phi) is 2.62. The van der Waals surface area contributed by atoms with E-state index < -0.39 is 7.12 Å². The first-order chi connectivity index (χ1) is 7.37. The molecule has 0 unspecified atom stereocenters. The molecule has 1 saturated heterocycles. The van der Waals surface area contributed by atoms with E-state index in [9.17, 15) is 0 Å². The Morgan fingerprint density at radius 2 is 1.75 bits per heavy atom. The Morgan fingerprint density at radius 1 is 1.19 bits per heavy atom. The molecular weight excluding hydrogens is 221 g/mol. The highest BCUT2D eigenvalue weighted by atomic mass is 32.1. The second-order valence-electron chi connectivity index (χ2n) is 4.94. The third-order valence-corrected chi connectivity index (χ3v) is 4.08. The van der Waals surface area contributed by atoms with Crippen LogP contribution in [-0.4, -0.2) is 18.3 Å². The fraction of sp³-hybridized carbons (Fsp3) is 0.545. The van der Waals surface area contributed by atoms with Crippen molar-refractivity contribution in [1.29, 1.82) is 5.26 Å². The minimum Gasteiger partial charge on any atom is -0.399 e. The molecule has 0 aromatic carbocycles. The number of nitrogens with zero attached hydrogens (tertiary/aromatic N) is 1. The maximum atomic E-state index is 8.97. The van der Waals surface area contributed by atoms with Crippen molar-refractivity contribution in [3.63, 3.8) is 0 Å². The molecule has 0 atom stereocenters. The van der Waals surface area contributed by atoms with Crippen molar-refractivity contribution < 1.29 is 9.31 Å². The summed E-state index contributed by atoms with van der Waals surface area (Å²) in [4.78, 5) is 0. The first-order valence-corrected chi connectivity index (χ1v) is 6.13. The van der Waals surface area contributed by atoms with Gasteiger partial charge >= 0.3 is 7.12 Å². The highest BCUT2D eigenvalue weighted by molar-refractivity contribution is 7.09. The molecule has 0 aliphatic carbocycles. The van der Waals surface area contributed by atoms with Crippen LogP contribution in [0, 0.1) is 11.3 Å². The predicted octanol–water partition coefficient (Wildman–Crippen LogP) is 1.92. The molecule has 0 radical (unpaired) electrons. The summed E-state index contributed by atoms with van der Waals surface area (Å²) in [6.07, 6.45) is 0. The first kappa shape index (κ1) is 11.7. The maximum Gasteiger partial charge on any atom is 0.497 e. The quantitative estimate of drug-likeness (QED) is 0.698. The zero-order valence-corrected chi connectivity index (χ0v) is 10.7. The number of thiophene rings is 1. The van der Waals surface area contributed by atoms with Gasteiger partial charge in [0, 0.05) is 10.8 Å². The van der Waals surface area contributed by atoms with E-state index in [4.69, 9.17) is 14.6 Å². The number of hydrogen-bond donors (Lipinski definition) is 0. The smallest absolute Gasteiger partial charge is 0.399 e. The van der Waals surface area contributed by atoms with Gasteiger partial charge in [-0.05, 0) is 33.1 Å². The fourth-order valence-electron chi connectivity index (χ4n) is 1.55. The van der Waals surface area contributed by atoms with Crippen molar-refractivity contribution in [3.8, 4) is 6.07 Å². The molecular formula is C11H14BNO2S. The number of rotatable bonds is 1. The van der Waals surface area contributed by atoms with Gasteiger partial charge in [-0.2, -0.15) is 16.6 Å². The van der Waals surface area contributed by atoms with Crippen LogP contribution in [0.2, 0.25) is 0 Å². The van der Waals surface area contributed by atoms with Gasteiger partial charge in [-0.3, -0.25) is 0 Å². The van der Waals surface area contributed by atoms with Crippen molar-refractivity contribution in [2.75, 3.05) is 0 Å². The molecule has 5 heteroatoms. The van der Waals surface area contributed by atoms with Gasteiger partial charge in [0.15, 0.2) is 0 Å². The second-order valence-corrected chi connectivity index (χ2v) is 5.68. The molecule has 2 rings (SSSR count). The van der Waals surface area contributed by atoms with Crippen LogP contribution in [0.4, 0.5) is 0 Å². The summed E-state index contributed by atoms with van der Waals surface area (Å²) in [6.45, 7) is 8.02. The van der Waals surface area contributed by atoms with Crippen LogP contribution in [0.3, 0.4) is 0 Å². The van der Waals surface area contributed by atoms with Gasteiger partial charge < -0.3 is 9.31 Å². The summed E-state index contributed by atoms with van der Waals surface area (Å²) < 4.78 is 11.8. The van der Waals surface area contributed by atoms with Crippen molar-refractivity contribution >= 4 is 23.9 Å². The molecule has 1 aliphatic rings. The topological polar surface area (TPSA) is 42.2 Å². The average molecular weight is 235 g/mol. The molecule has 0 spiro atoms. The van der Waals surface area contributed by atoms with Crippen LogP contribution in [0.25, 0.3) is 0 Å². The number of nitriles is 1. The highest BCUT2D eigenvalue weighted by Gasteiger charge is 2.52. The molecule has 0 amide bonds. The Morgan fingerprint density at radius 3 is 2.25 bits per heavy atom. The zero-order chi connectivity index (χ0) is 12.0. The lowest BCUT2D eigenvalue weighted by molar-refractivity contribution is 0.00578. The minimum atomic E-state index is -0.425. The van der Waals surface area contributed by atoms with E-state index in [0.29, 0.717) is 5.56 Å². The van der Waals surface area contributed by atoms with E-state index in [1.165, 1.54) is 11.3 Å². The number of hydrogen-bond acceptors (Lipinski definition) is 4. The summed E-state index contributed by atoms with van der Waals surface area (Å²) in [5.41, 5.74) is 0.771. The second kappa shape index (κ2) is 3.59. The molecule has 0 bridgehead atoms. The Balaban J connectivity index is 2.31. The molecule has 1 aromatic rings. The summed E-state index contributed by atoms with van der Waals surface area (Å²) >= 11 is 1.50. The van der Waals surface area contributed by atoms with Crippen molar-refractivity contribution in [2.24, 2.45) is 0 Å². The highest BCUT2D eigenvalue weighted by Crippen LogP contribution is 2.36. The van der Waals surface area contributed by atoms with Crippen molar-refractivity contribution in [3.05, 3.63) is 16.3 Å². The van der Waals surface area contributed by atoms with Gasteiger partial charge in [0.05, 0.1) is 22.8 Å². The van der Waals surface area contributed by atoms with Gasteiger partial charge in [-0.1, -0.05) is 0 Å². The summed E-state index contributed by atoms with van der Waals surface area (Å²) in [6, 6.07) is 2.16. The van der Waals surface area contributed by atoms with Gasteiger partial charge in [0.25, 0.3) is 0 Å². The van der Waals surface area contributed by atoms with E-state index in [-0.39, 0.29) is 11.2 Å². The SMILES string of the molecule is CC1(C)OB(c2cscc2C#N)OC1(C)C. The Hall–Kier alpha value is -0.825. The lowest BCUT2D eigenvalue weighted by Crippen LogP contribution is -2.41. The lowest BCUT2D eigenvalue weighted by atomic mass is 9.79. The van der Waals surface area contributed by atoms with Crippen LogP contribution < -0.4 is 5.46 Å². The van der Waals surface area contributed by atoms with Gasteiger partial charge in [0.2, 0.25) is 0 Å². The fourth-order valence-corrected chi connectivity index (χ4v) is 2.33. The van der Waals surface area contributed by atoms with Crippen molar-refractivity contribution in [1.82, 2.24) is 0 Å². The lowest BCUT2D eigenvalue weighted by Gasteiger charge is -2.32. The molecule has 2 heterocycles. The van der Waals surface area contributed by atoms with Gasteiger partial charge in [-0.15, -0.1) is 0 Å². The van der Waals surface area contributed by atoms with E-state index >= 15 is 0 Å². The molecule has 0 N–H and O–H groups in total. The summed E-state index contributed by atoms with van der Waals surface area (Å²) in [5, 5.41) is 12.7. The first-order valence-electron chi connectivity index (χ1n) is 5.19. The van der Waals surface area contributed by atoms with Crippen LogP contribution in [-0.2, 0) is 9.31 Å². The summed E-state index contributed by atoms with van der Waals surface area (Å²) in [7, 11) is -0.425. The van der Waals surface area contributed by atoms with Crippen molar-refractivity contribution in [2.45, 2.75) is 38.9 Å². The van der Waals surface area contributed by atoms with Crippen LogP contribution >= 0.6 is 11.3 Å². The molecule has 1 fully saturated rings. The zero-order valence-electron chi connectivity index (χ0n) is 9.90. The van der Waals surface area contributed by atoms with Crippen LogP contribution in [0.15, 0.2) is 10.8 Å². The van der Waals surface area contributed by atoms with E-state index in [1.807, 2.05) is 38.5 Å². The predicted molar refractivity (Wildman–Crippen MR) is 64.8 cm³/mol. The maximum absolute atomic E-state index is 8.97. The van der Waals surface area contributed by atoms with Gasteiger partial charge in [0.1, 0.15) is 0 Å². The molecule has 1 aliphatic heterocycles. The summed E-state index contributed by atoms with van der Waals surface area (Å²) in [5.74, 6) is 0. The van der Waals surface area contributed by atoms with E-state index in [2.05, 4.69) is 6.07 Å². The van der Waals surface area contributed by atoms with Crippen LogP contribution in [0.1, 0.15) is 33.3 Å². The average Bonchev–Trinajstić information content (AvgIpc) is 2.69. The molecule has 16 heavy (non-hydrogen) atoms. The third-order valence-electron chi connectivity index (χ3n) is 3.32. The normalized spacial score (nSPS) is 22.1. The Bertz CT molecular complexity index is 431. The monoisotopic (exact) mass is 235 g/mol. The molecule has 0 saturated carbocycles. The van der Waals surface area contributed by atoms with Gasteiger partial charge in [-0.25, -0.2) is 0 Å². The molecule has 3 nitrogen and oxygen atoms in total. The van der Waals surface area contributed by atoms with E-state index in [1.54, 1.807) is 0 Å². The van der Waals surface area contributed by atoms with Crippen LogP contribution in [0.5, 0.6) is 0 Å². The third kappa shape index (κ3) is 1.67.